The number of piperidine rings is 1. The number of allylic oxidation sites excluding steroid dienone is 1. The summed E-state index contributed by atoms with van der Waals surface area (Å²) in [4.78, 5) is 26.7. The van der Waals surface area contributed by atoms with Gasteiger partial charge in [0.05, 0.1) is 11.1 Å². The van der Waals surface area contributed by atoms with Crippen LogP contribution in [0, 0.1) is 5.92 Å². The molecule has 3 N–H and O–H groups in total. The van der Waals surface area contributed by atoms with Crippen LogP contribution in [0.2, 0.25) is 0 Å². The Kier molecular flexibility index (Phi) is 6.09. The van der Waals surface area contributed by atoms with Crippen molar-refractivity contribution < 1.29 is 14.7 Å². The fourth-order valence-electron chi connectivity index (χ4n) is 4.29. The lowest BCUT2D eigenvalue weighted by atomic mass is 9.97. The third-order valence-electron chi connectivity index (χ3n) is 5.95. The molecule has 1 fully saturated rings. The first-order valence-corrected chi connectivity index (χ1v) is 10.9. The van der Waals surface area contributed by atoms with Gasteiger partial charge in [0.15, 0.2) is 0 Å². The maximum absolute atomic E-state index is 12.8. The first-order chi connectivity index (χ1) is 14.9. The number of hydrogen-bond donors (Lipinski definition) is 3. The monoisotopic (exact) mass is 419 g/mol. The van der Waals surface area contributed by atoms with E-state index in [-0.39, 0.29) is 17.4 Å². The van der Waals surface area contributed by atoms with Crippen LogP contribution < -0.4 is 10.6 Å². The summed E-state index contributed by atoms with van der Waals surface area (Å²) in [7, 11) is 0. The molecule has 1 saturated heterocycles. The summed E-state index contributed by atoms with van der Waals surface area (Å²) in [5, 5.41) is 15.6. The predicted octanol–water partition coefficient (Wildman–Crippen LogP) is 4.80. The Hall–Kier alpha value is -3.12. The van der Waals surface area contributed by atoms with Gasteiger partial charge < -0.3 is 15.7 Å². The number of carboxylic acid groups (broad SMARTS) is 1. The van der Waals surface area contributed by atoms with Crippen LogP contribution in [0.5, 0.6) is 0 Å². The Balaban J connectivity index is 1.60. The topological polar surface area (TPSA) is 81.7 Å². The van der Waals surface area contributed by atoms with Crippen molar-refractivity contribution in [1.29, 1.82) is 0 Å². The highest BCUT2D eigenvalue weighted by molar-refractivity contribution is 6.32. The number of carboxylic acids is 1. The molecule has 0 atom stereocenters. The summed E-state index contributed by atoms with van der Waals surface area (Å²) in [6.45, 7) is 7.33. The third-order valence-corrected chi connectivity index (χ3v) is 5.95. The second-order valence-corrected chi connectivity index (χ2v) is 8.62. The van der Waals surface area contributed by atoms with E-state index < -0.39 is 5.97 Å². The Labute approximate surface area is 183 Å². The van der Waals surface area contributed by atoms with Gasteiger partial charge in [-0.15, -0.1) is 0 Å². The van der Waals surface area contributed by atoms with Crippen molar-refractivity contribution in [2.45, 2.75) is 39.7 Å². The number of carbonyl (C=O) groups excluding carboxylic acids is 1. The summed E-state index contributed by atoms with van der Waals surface area (Å²) < 4.78 is 0. The molecular formula is C25H29N3O3. The lowest BCUT2D eigenvalue weighted by Crippen LogP contribution is -2.29. The number of carbonyl (C=O) groups is 2. The Morgan fingerprint density at radius 2 is 1.81 bits per heavy atom. The second-order valence-electron chi connectivity index (χ2n) is 8.62. The maximum Gasteiger partial charge on any atom is 0.335 e. The highest BCUT2D eigenvalue weighted by Crippen LogP contribution is 2.37. The first-order valence-electron chi connectivity index (χ1n) is 10.9. The summed E-state index contributed by atoms with van der Waals surface area (Å²) in [5.41, 5.74) is 4.91. The molecule has 0 unspecified atom stereocenters. The van der Waals surface area contributed by atoms with E-state index in [1.807, 2.05) is 26.0 Å². The number of nitrogens with zero attached hydrogens (tertiary/aromatic N) is 1. The third kappa shape index (κ3) is 4.64. The fraction of sp³-hybridized carbons (Fsp3) is 0.360. The molecule has 0 radical (unpaired) electrons. The van der Waals surface area contributed by atoms with E-state index in [0.717, 1.165) is 31.0 Å². The van der Waals surface area contributed by atoms with E-state index in [2.05, 4.69) is 27.7 Å². The van der Waals surface area contributed by atoms with E-state index in [9.17, 15) is 14.7 Å². The molecule has 4 rings (SSSR count). The van der Waals surface area contributed by atoms with Gasteiger partial charge in [0.1, 0.15) is 0 Å². The molecule has 0 bridgehead atoms. The van der Waals surface area contributed by atoms with Crippen LogP contribution in [-0.4, -0.2) is 35.0 Å². The SMILES string of the molecule is CC(C)/C(Nc1ccc(CN2CCCCC2)cc1)=C1/C(=O)Nc2ccc(C(=O)O)cc21. The zero-order valence-corrected chi connectivity index (χ0v) is 18.1. The predicted molar refractivity (Wildman–Crippen MR) is 123 cm³/mol. The molecule has 2 aliphatic heterocycles. The van der Waals surface area contributed by atoms with Crippen LogP contribution in [0.25, 0.3) is 5.57 Å². The van der Waals surface area contributed by atoms with Crippen molar-refractivity contribution in [3.63, 3.8) is 0 Å². The van der Waals surface area contributed by atoms with Crippen molar-refractivity contribution in [3.8, 4) is 0 Å². The van der Waals surface area contributed by atoms with Gasteiger partial charge in [-0.05, 0) is 67.7 Å². The molecule has 2 aliphatic rings. The van der Waals surface area contributed by atoms with Crippen LogP contribution in [0.4, 0.5) is 11.4 Å². The second kappa shape index (κ2) is 8.94. The zero-order valence-electron chi connectivity index (χ0n) is 18.1. The van der Waals surface area contributed by atoms with E-state index in [1.54, 1.807) is 12.1 Å². The largest absolute Gasteiger partial charge is 0.478 e. The van der Waals surface area contributed by atoms with Crippen LogP contribution in [-0.2, 0) is 11.3 Å². The number of aromatic carboxylic acids is 1. The molecule has 31 heavy (non-hydrogen) atoms. The molecule has 0 saturated carbocycles. The van der Waals surface area contributed by atoms with E-state index in [1.165, 1.54) is 30.9 Å². The zero-order chi connectivity index (χ0) is 22.0. The minimum Gasteiger partial charge on any atom is -0.478 e. The molecule has 2 aromatic carbocycles. The average molecular weight is 420 g/mol. The van der Waals surface area contributed by atoms with Gasteiger partial charge in [0.25, 0.3) is 5.91 Å². The van der Waals surface area contributed by atoms with Gasteiger partial charge in [-0.2, -0.15) is 0 Å². The van der Waals surface area contributed by atoms with E-state index >= 15 is 0 Å². The highest BCUT2D eigenvalue weighted by atomic mass is 16.4. The quantitative estimate of drug-likeness (QED) is 0.586. The molecule has 6 nitrogen and oxygen atoms in total. The van der Waals surface area contributed by atoms with Crippen LogP contribution in [0.3, 0.4) is 0 Å². The molecule has 0 aromatic heterocycles. The number of anilines is 2. The highest BCUT2D eigenvalue weighted by Gasteiger charge is 2.29. The standard InChI is InChI=1S/C25H29N3O3/c1-16(2)23(22-20-14-18(25(30)31)8-11-21(20)27-24(22)29)26-19-9-6-17(7-10-19)15-28-12-4-3-5-13-28/h6-11,14,16,26H,3-5,12-13,15H2,1-2H3,(H,27,29)(H,30,31)/b23-22-. The van der Waals surface area contributed by atoms with Gasteiger partial charge in [0, 0.05) is 29.2 Å². The molecule has 162 valence electrons. The maximum atomic E-state index is 12.8. The van der Waals surface area contributed by atoms with Crippen molar-refractivity contribution in [3.05, 3.63) is 64.9 Å². The van der Waals surface area contributed by atoms with Crippen LogP contribution in [0.15, 0.2) is 48.2 Å². The fourth-order valence-corrected chi connectivity index (χ4v) is 4.29. The Morgan fingerprint density at radius 3 is 2.45 bits per heavy atom. The Morgan fingerprint density at radius 1 is 1.10 bits per heavy atom. The smallest absolute Gasteiger partial charge is 0.335 e. The molecule has 2 aromatic rings. The number of nitrogens with one attached hydrogen (secondary N) is 2. The summed E-state index contributed by atoms with van der Waals surface area (Å²) in [6.07, 6.45) is 3.88. The van der Waals surface area contributed by atoms with Gasteiger partial charge in [-0.1, -0.05) is 32.4 Å². The van der Waals surface area contributed by atoms with E-state index in [0.29, 0.717) is 16.8 Å². The number of likely N-dealkylation sites (tertiary alicyclic amines) is 1. The lowest BCUT2D eigenvalue weighted by molar-refractivity contribution is -0.110. The van der Waals surface area contributed by atoms with Gasteiger partial charge in [-0.3, -0.25) is 9.69 Å². The number of rotatable bonds is 6. The summed E-state index contributed by atoms with van der Waals surface area (Å²) >= 11 is 0. The van der Waals surface area contributed by atoms with Crippen LogP contribution in [0.1, 0.15) is 54.6 Å². The number of benzene rings is 2. The van der Waals surface area contributed by atoms with Crippen molar-refractivity contribution >= 4 is 28.8 Å². The van der Waals surface area contributed by atoms with Gasteiger partial charge in [0.2, 0.25) is 0 Å². The van der Waals surface area contributed by atoms with E-state index in [4.69, 9.17) is 0 Å². The normalized spacial score (nSPS) is 18.0. The van der Waals surface area contributed by atoms with Crippen LogP contribution >= 0.6 is 0 Å². The summed E-state index contributed by atoms with van der Waals surface area (Å²) in [6, 6.07) is 13.1. The average Bonchev–Trinajstić information content (AvgIpc) is 3.08. The summed E-state index contributed by atoms with van der Waals surface area (Å²) in [5.74, 6) is -1.17. The molecule has 0 aliphatic carbocycles. The first kappa shape index (κ1) is 21.1. The van der Waals surface area contributed by atoms with Gasteiger partial charge >= 0.3 is 5.97 Å². The number of hydrogen-bond acceptors (Lipinski definition) is 4. The lowest BCUT2D eigenvalue weighted by Gasteiger charge is -2.26. The minimum atomic E-state index is -1.01. The van der Waals surface area contributed by atoms with Crippen molar-refractivity contribution in [1.82, 2.24) is 4.90 Å². The van der Waals surface area contributed by atoms with Crippen molar-refractivity contribution in [2.24, 2.45) is 5.92 Å². The number of fused-ring (bicyclic) bond motifs is 1. The Bertz CT molecular complexity index is 1020. The minimum absolute atomic E-state index is 0.0493. The molecule has 0 spiro atoms. The molecular weight excluding hydrogens is 390 g/mol. The van der Waals surface area contributed by atoms with Gasteiger partial charge in [-0.25, -0.2) is 4.79 Å². The molecule has 2 heterocycles. The molecule has 6 heteroatoms. The van der Waals surface area contributed by atoms with Crippen molar-refractivity contribution in [2.75, 3.05) is 23.7 Å². The number of amides is 1. The molecule has 1 amide bonds.